The zero-order chi connectivity index (χ0) is 27.2. The van der Waals surface area contributed by atoms with E-state index in [1.54, 1.807) is 0 Å². The fourth-order valence-electron chi connectivity index (χ4n) is 5.85. The number of hydrogen-bond acceptors (Lipinski definition) is 4. The second kappa shape index (κ2) is 9.68. The van der Waals surface area contributed by atoms with E-state index in [2.05, 4.69) is 78.9 Å². The molecule has 0 N–H and O–H groups in total. The summed E-state index contributed by atoms with van der Waals surface area (Å²) in [7, 11) is 0. The maximum Gasteiger partial charge on any atom is 0.164 e. The number of fused-ring (bicyclic) bond motifs is 4. The Hall–Kier alpha value is -5.35. The summed E-state index contributed by atoms with van der Waals surface area (Å²) in [5.74, 6) is 1.99. The monoisotopic (exact) mass is 527 g/mol. The summed E-state index contributed by atoms with van der Waals surface area (Å²) in [6, 6.07) is 41.6. The SMILES string of the molecule is C1=C(c2nc(-c3ccccc3)nc(-c3cccc4oc5cc(-c6ccccc6)ccc5c34)n2)c2ccccc2CC1. The summed E-state index contributed by atoms with van der Waals surface area (Å²) in [5.41, 5.74) is 9.40. The van der Waals surface area contributed by atoms with Crippen LogP contribution in [0.25, 0.3) is 61.4 Å². The van der Waals surface area contributed by atoms with E-state index in [1.165, 1.54) is 11.1 Å². The number of furan rings is 1. The second-order valence-electron chi connectivity index (χ2n) is 10.3. The van der Waals surface area contributed by atoms with Crippen LogP contribution in [-0.2, 0) is 6.42 Å². The van der Waals surface area contributed by atoms with Crippen LogP contribution in [0.15, 0.2) is 132 Å². The fraction of sp³-hybridized carbons (Fsp3) is 0.0541. The van der Waals surface area contributed by atoms with E-state index in [9.17, 15) is 0 Å². The summed E-state index contributed by atoms with van der Waals surface area (Å²) < 4.78 is 6.40. The first-order valence-corrected chi connectivity index (χ1v) is 13.9. The third-order valence-electron chi connectivity index (χ3n) is 7.82. The Labute approximate surface area is 237 Å². The highest BCUT2D eigenvalue weighted by Crippen LogP contribution is 2.38. The standard InChI is InChI=1S/C37H25N3O/c1-3-11-24(12-4-1)27-21-22-30-33(23-27)41-32-20-10-19-31(34(30)32)37-39-35(26-14-5-2-6-15-26)38-36(40-37)29-18-9-16-25-13-7-8-17-28(25)29/h1-8,10-15,17-23H,9,16H2. The minimum atomic E-state index is 0.637. The molecule has 0 atom stereocenters. The van der Waals surface area contributed by atoms with Gasteiger partial charge in [0.05, 0.1) is 0 Å². The molecule has 0 saturated carbocycles. The molecule has 0 fully saturated rings. The second-order valence-corrected chi connectivity index (χ2v) is 10.3. The van der Waals surface area contributed by atoms with Gasteiger partial charge >= 0.3 is 0 Å². The third-order valence-corrected chi connectivity index (χ3v) is 7.82. The van der Waals surface area contributed by atoms with Crippen molar-refractivity contribution in [2.75, 3.05) is 0 Å². The fourth-order valence-corrected chi connectivity index (χ4v) is 5.85. The predicted molar refractivity (Wildman–Crippen MR) is 165 cm³/mol. The van der Waals surface area contributed by atoms with Crippen LogP contribution < -0.4 is 0 Å². The smallest absolute Gasteiger partial charge is 0.164 e. The van der Waals surface area contributed by atoms with E-state index in [4.69, 9.17) is 19.4 Å². The van der Waals surface area contributed by atoms with Crippen LogP contribution in [0.1, 0.15) is 23.4 Å². The Balaban J connectivity index is 1.35. The molecule has 4 nitrogen and oxygen atoms in total. The minimum absolute atomic E-state index is 0.637. The lowest BCUT2D eigenvalue weighted by Gasteiger charge is -2.17. The van der Waals surface area contributed by atoms with Gasteiger partial charge in [-0.25, -0.2) is 15.0 Å². The van der Waals surface area contributed by atoms with Gasteiger partial charge in [0.1, 0.15) is 11.2 Å². The molecule has 4 heteroatoms. The molecule has 194 valence electrons. The van der Waals surface area contributed by atoms with Gasteiger partial charge in [0.2, 0.25) is 0 Å². The molecule has 0 spiro atoms. The third kappa shape index (κ3) is 4.12. The average molecular weight is 528 g/mol. The molecule has 0 unspecified atom stereocenters. The van der Waals surface area contributed by atoms with Crippen LogP contribution in [0, 0.1) is 0 Å². The quantitative estimate of drug-likeness (QED) is 0.229. The summed E-state index contributed by atoms with van der Waals surface area (Å²) in [6.45, 7) is 0. The van der Waals surface area contributed by atoms with Gasteiger partial charge in [-0.3, -0.25) is 0 Å². The molecule has 8 rings (SSSR count). The van der Waals surface area contributed by atoms with Crippen LogP contribution in [0.4, 0.5) is 0 Å². The topological polar surface area (TPSA) is 51.8 Å². The zero-order valence-corrected chi connectivity index (χ0v) is 22.3. The molecular weight excluding hydrogens is 502 g/mol. The lowest BCUT2D eigenvalue weighted by atomic mass is 9.90. The van der Waals surface area contributed by atoms with E-state index in [0.717, 1.165) is 62.6 Å². The number of aryl methyl sites for hydroxylation is 1. The number of aromatic nitrogens is 3. The van der Waals surface area contributed by atoms with E-state index in [1.807, 2.05) is 48.5 Å². The van der Waals surface area contributed by atoms with Crippen molar-refractivity contribution in [3.8, 4) is 33.9 Å². The van der Waals surface area contributed by atoms with Crippen molar-refractivity contribution >= 4 is 27.5 Å². The largest absolute Gasteiger partial charge is 0.456 e. The van der Waals surface area contributed by atoms with Gasteiger partial charge in [-0.2, -0.15) is 0 Å². The highest BCUT2D eigenvalue weighted by atomic mass is 16.3. The van der Waals surface area contributed by atoms with Crippen molar-refractivity contribution in [1.82, 2.24) is 15.0 Å². The van der Waals surface area contributed by atoms with Gasteiger partial charge in [0, 0.05) is 27.5 Å². The Morgan fingerprint density at radius 3 is 2.07 bits per heavy atom. The first-order chi connectivity index (χ1) is 20.3. The van der Waals surface area contributed by atoms with Gasteiger partial charge in [-0.05, 0) is 53.3 Å². The van der Waals surface area contributed by atoms with Gasteiger partial charge in [-0.15, -0.1) is 0 Å². The maximum absolute atomic E-state index is 6.40. The highest BCUT2D eigenvalue weighted by Gasteiger charge is 2.21. The maximum atomic E-state index is 6.40. The van der Waals surface area contributed by atoms with E-state index < -0.39 is 0 Å². The summed E-state index contributed by atoms with van der Waals surface area (Å²) in [4.78, 5) is 15.2. The van der Waals surface area contributed by atoms with Crippen LogP contribution in [0.2, 0.25) is 0 Å². The van der Waals surface area contributed by atoms with Crippen LogP contribution in [-0.4, -0.2) is 15.0 Å². The highest BCUT2D eigenvalue weighted by molar-refractivity contribution is 6.12. The van der Waals surface area contributed by atoms with Gasteiger partial charge in [0.25, 0.3) is 0 Å². The average Bonchev–Trinajstić information content (AvgIpc) is 3.43. The van der Waals surface area contributed by atoms with E-state index >= 15 is 0 Å². The minimum Gasteiger partial charge on any atom is -0.456 e. The Morgan fingerprint density at radius 2 is 1.22 bits per heavy atom. The first-order valence-electron chi connectivity index (χ1n) is 13.9. The van der Waals surface area contributed by atoms with Crippen molar-refractivity contribution < 1.29 is 4.42 Å². The molecule has 0 amide bonds. The lowest BCUT2D eigenvalue weighted by Crippen LogP contribution is -2.07. The lowest BCUT2D eigenvalue weighted by molar-refractivity contribution is 0.669. The number of allylic oxidation sites excluding steroid dienone is 1. The zero-order valence-electron chi connectivity index (χ0n) is 22.3. The Morgan fingerprint density at radius 1 is 0.512 bits per heavy atom. The first kappa shape index (κ1) is 23.5. The number of nitrogens with zero attached hydrogens (tertiary/aromatic N) is 3. The van der Waals surface area contributed by atoms with Gasteiger partial charge in [0.15, 0.2) is 17.5 Å². The molecule has 2 aromatic heterocycles. The Kier molecular flexibility index (Phi) is 5.56. The number of rotatable bonds is 4. The summed E-state index contributed by atoms with van der Waals surface area (Å²) >= 11 is 0. The van der Waals surface area contributed by atoms with Crippen LogP contribution >= 0.6 is 0 Å². The normalized spacial score (nSPS) is 12.8. The molecule has 7 aromatic rings. The molecule has 1 aliphatic carbocycles. The molecule has 0 bridgehead atoms. The number of benzene rings is 5. The molecule has 0 radical (unpaired) electrons. The molecule has 2 heterocycles. The molecular formula is C37H25N3O. The molecule has 0 aliphatic heterocycles. The van der Waals surface area contributed by atoms with E-state index in [0.29, 0.717) is 17.5 Å². The van der Waals surface area contributed by atoms with Crippen molar-refractivity contribution in [2.24, 2.45) is 0 Å². The van der Waals surface area contributed by atoms with Crippen molar-refractivity contribution in [3.05, 3.63) is 144 Å². The van der Waals surface area contributed by atoms with Crippen molar-refractivity contribution in [3.63, 3.8) is 0 Å². The molecule has 41 heavy (non-hydrogen) atoms. The number of hydrogen-bond donors (Lipinski definition) is 0. The summed E-state index contributed by atoms with van der Waals surface area (Å²) in [6.07, 6.45) is 4.24. The van der Waals surface area contributed by atoms with Crippen molar-refractivity contribution in [1.29, 1.82) is 0 Å². The molecule has 1 aliphatic rings. The molecule has 0 saturated heterocycles. The van der Waals surface area contributed by atoms with Crippen LogP contribution in [0.5, 0.6) is 0 Å². The molecule has 5 aromatic carbocycles. The van der Waals surface area contributed by atoms with Gasteiger partial charge in [-0.1, -0.05) is 109 Å². The Bertz CT molecular complexity index is 2090. The van der Waals surface area contributed by atoms with Crippen LogP contribution in [0.3, 0.4) is 0 Å². The van der Waals surface area contributed by atoms with Gasteiger partial charge < -0.3 is 4.42 Å². The van der Waals surface area contributed by atoms with Crippen molar-refractivity contribution in [2.45, 2.75) is 12.8 Å². The summed E-state index contributed by atoms with van der Waals surface area (Å²) in [5, 5.41) is 2.05. The van der Waals surface area contributed by atoms with E-state index in [-0.39, 0.29) is 0 Å². The predicted octanol–water partition coefficient (Wildman–Crippen LogP) is 9.15.